The van der Waals surface area contributed by atoms with Crippen molar-refractivity contribution < 1.29 is 13.9 Å². The molecule has 0 aliphatic carbocycles. The van der Waals surface area contributed by atoms with E-state index in [9.17, 15) is 9.18 Å². The van der Waals surface area contributed by atoms with Gasteiger partial charge in [0.05, 0.1) is 16.5 Å². The van der Waals surface area contributed by atoms with Crippen LogP contribution in [0.15, 0.2) is 35.7 Å². The number of Topliss-reactive ketones (excluding diaryl/α,β-unsaturated/α-hetero) is 1. The summed E-state index contributed by atoms with van der Waals surface area (Å²) in [4.78, 5) is 12.5. The van der Waals surface area contributed by atoms with Crippen LogP contribution in [0.3, 0.4) is 0 Å². The van der Waals surface area contributed by atoms with Crippen LogP contribution >= 0.6 is 22.9 Å². The summed E-state index contributed by atoms with van der Waals surface area (Å²) < 4.78 is 18.3. The predicted molar refractivity (Wildman–Crippen MR) is 74.8 cm³/mol. The molecule has 0 radical (unpaired) electrons. The highest BCUT2D eigenvalue weighted by Crippen LogP contribution is 2.25. The lowest BCUT2D eigenvalue weighted by atomic mass is 10.2. The molecule has 0 unspecified atom stereocenters. The average Bonchev–Trinajstić information content (AvgIpc) is 2.92. The Bertz CT molecular complexity index is 555. The minimum Gasteiger partial charge on any atom is -0.492 e. The molecule has 0 atom stereocenters. The molecule has 2 aromatic rings. The number of hydrogen-bond acceptors (Lipinski definition) is 3. The maximum atomic E-state index is 13.0. The van der Waals surface area contributed by atoms with Crippen molar-refractivity contribution in [2.24, 2.45) is 0 Å². The van der Waals surface area contributed by atoms with Crippen LogP contribution in [-0.4, -0.2) is 12.4 Å². The van der Waals surface area contributed by atoms with Gasteiger partial charge in [0.1, 0.15) is 11.6 Å². The van der Waals surface area contributed by atoms with Crippen LogP contribution in [0, 0.1) is 5.82 Å². The summed E-state index contributed by atoms with van der Waals surface area (Å²) >= 11 is 7.29. The molecule has 0 saturated carbocycles. The van der Waals surface area contributed by atoms with E-state index in [1.807, 2.05) is 11.4 Å². The van der Waals surface area contributed by atoms with Crippen molar-refractivity contribution in [3.63, 3.8) is 0 Å². The Labute approximate surface area is 119 Å². The Kier molecular flexibility index (Phi) is 4.93. The minimum absolute atomic E-state index is 0.101. The van der Waals surface area contributed by atoms with E-state index in [2.05, 4.69) is 0 Å². The van der Waals surface area contributed by atoms with Crippen molar-refractivity contribution >= 4 is 28.7 Å². The van der Waals surface area contributed by atoms with Gasteiger partial charge >= 0.3 is 0 Å². The molecule has 0 aliphatic rings. The largest absolute Gasteiger partial charge is 0.492 e. The number of halogens is 2. The Morgan fingerprint density at radius 3 is 2.95 bits per heavy atom. The highest BCUT2D eigenvalue weighted by atomic mass is 35.5. The first-order valence-electron chi connectivity index (χ1n) is 5.81. The van der Waals surface area contributed by atoms with Gasteiger partial charge in [0.25, 0.3) is 0 Å². The van der Waals surface area contributed by atoms with Crippen LogP contribution in [0.1, 0.15) is 22.5 Å². The smallest absolute Gasteiger partial charge is 0.172 e. The maximum absolute atomic E-state index is 13.0. The lowest BCUT2D eigenvalue weighted by molar-refractivity contribution is 0.0977. The third kappa shape index (κ3) is 4.04. The van der Waals surface area contributed by atoms with Gasteiger partial charge in [-0.3, -0.25) is 4.79 Å². The van der Waals surface area contributed by atoms with Crippen molar-refractivity contribution in [2.45, 2.75) is 12.8 Å². The fraction of sp³-hybridized carbons (Fsp3) is 0.214. The second-order valence-electron chi connectivity index (χ2n) is 3.93. The van der Waals surface area contributed by atoms with Gasteiger partial charge in [0.15, 0.2) is 5.78 Å². The fourth-order valence-corrected chi connectivity index (χ4v) is 2.43. The van der Waals surface area contributed by atoms with E-state index >= 15 is 0 Å². The summed E-state index contributed by atoms with van der Waals surface area (Å²) in [6.07, 6.45) is 0.983. The molecule has 0 fully saturated rings. The molecule has 0 N–H and O–H groups in total. The number of hydrogen-bond donors (Lipinski definition) is 0. The standard InChI is InChI=1S/C14H12ClFO2S/c15-11-6-5-10(16)9-13(11)18-7-1-3-12(17)14-4-2-8-19-14/h2,4-6,8-9H,1,3,7H2. The van der Waals surface area contributed by atoms with Gasteiger partial charge in [0, 0.05) is 12.5 Å². The predicted octanol–water partition coefficient (Wildman–Crippen LogP) is 4.58. The normalized spacial score (nSPS) is 10.4. The highest BCUT2D eigenvalue weighted by molar-refractivity contribution is 7.12. The molecule has 0 aliphatic heterocycles. The number of rotatable bonds is 6. The zero-order chi connectivity index (χ0) is 13.7. The third-order valence-corrected chi connectivity index (χ3v) is 3.72. The first kappa shape index (κ1) is 14.0. The number of carbonyl (C=O) groups is 1. The molecule has 19 heavy (non-hydrogen) atoms. The molecule has 0 bridgehead atoms. The van der Waals surface area contributed by atoms with E-state index in [4.69, 9.17) is 16.3 Å². The van der Waals surface area contributed by atoms with Gasteiger partial charge in [-0.1, -0.05) is 17.7 Å². The maximum Gasteiger partial charge on any atom is 0.172 e. The van der Waals surface area contributed by atoms with E-state index < -0.39 is 5.82 Å². The van der Waals surface area contributed by atoms with Gasteiger partial charge in [-0.05, 0) is 30.0 Å². The first-order valence-corrected chi connectivity index (χ1v) is 7.07. The Morgan fingerprint density at radius 2 is 2.21 bits per heavy atom. The lowest BCUT2D eigenvalue weighted by Gasteiger charge is -2.07. The molecule has 100 valence electrons. The number of carbonyl (C=O) groups excluding carboxylic acids is 1. The summed E-state index contributed by atoms with van der Waals surface area (Å²) in [6.45, 7) is 0.334. The van der Waals surface area contributed by atoms with Gasteiger partial charge in [0.2, 0.25) is 0 Å². The molecule has 1 aromatic carbocycles. The average molecular weight is 299 g/mol. The van der Waals surface area contributed by atoms with E-state index in [-0.39, 0.29) is 5.78 Å². The summed E-state index contributed by atoms with van der Waals surface area (Å²) in [5.41, 5.74) is 0. The van der Waals surface area contributed by atoms with Crippen LogP contribution in [0.25, 0.3) is 0 Å². The molecular weight excluding hydrogens is 287 g/mol. The molecule has 0 saturated heterocycles. The molecule has 2 rings (SSSR count). The molecule has 2 nitrogen and oxygen atoms in total. The van der Waals surface area contributed by atoms with E-state index in [1.165, 1.54) is 29.5 Å². The Balaban J connectivity index is 1.78. The number of ether oxygens (including phenoxy) is 1. The fourth-order valence-electron chi connectivity index (χ4n) is 1.56. The second-order valence-corrected chi connectivity index (χ2v) is 5.28. The van der Waals surface area contributed by atoms with Crippen molar-refractivity contribution in [1.29, 1.82) is 0 Å². The highest BCUT2D eigenvalue weighted by Gasteiger charge is 2.07. The Morgan fingerprint density at radius 1 is 1.37 bits per heavy atom. The van der Waals surface area contributed by atoms with E-state index in [0.717, 1.165) is 4.88 Å². The monoisotopic (exact) mass is 298 g/mol. The minimum atomic E-state index is -0.394. The molecule has 0 amide bonds. The van der Waals surface area contributed by atoms with E-state index in [1.54, 1.807) is 6.07 Å². The van der Waals surface area contributed by atoms with Gasteiger partial charge in [-0.25, -0.2) is 4.39 Å². The lowest BCUT2D eigenvalue weighted by Crippen LogP contribution is -2.03. The third-order valence-electron chi connectivity index (χ3n) is 2.49. The summed E-state index contributed by atoms with van der Waals surface area (Å²) in [7, 11) is 0. The molecule has 1 aromatic heterocycles. The molecule has 5 heteroatoms. The van der Waals surface area contributed by atoms with Gasteiger partial charge in [-0.15, -0.1) is 11.3 Å². The van der Waals surface area contributed by atoms with Crippen molar-refractivity contribution in [3.05, 3.63) is 51.4 Å². The number of benzene rings is 1. The SMILES string of the molecule is O=C(CCCOc1cc(F)ccc1Cl)c1cccs1. The Hall–Kier alpha value is -1.39. The summed E-state index contributed by atoms with van der Waals surface area (Å²) in [5, 5.41) is 2.24. The molecule has 1 heterocycles. The van der Waals surface area contributed by atoms with E-state index in [0.29, 0.717) is 30.2 Å². The quantitative estimate of drug-likeness (QED) is 0.576. The van der Waals surface area contributed by atoms with Gasteiger partial charge in [-0.2, -0.15) is 0 Å². The summed E-state index contributed by atoms with van der Waals surface area (Å²) in [5.74, 6) is 0.0169. The molecular formula is C14H12ClFO2S. The summed E-state index contributed by atoms with van der Waals surface area (Å²) in [6, 6.07) is 7.61. The van der Waals surface area contributed by atoms with Crippen LogP contribution in [0.4, 0.5) is 4.39 Å². The van der Waals surface area contributed by atoms with Crippen LogP contribution in [-0.2, 0) is 0 Å². The van der Waals surface area contributed by atoms with Crippen LogP contribution in [0.5, 0.6) is 5.75 Å². The molecule has 0 spiro atoms. The zero-order valence-electron chi connectivity index (χ0n) is 10.1. The van der Waals surface area contributed by atoms with Crippen molar-refractivity contribution in [3.8, 4) is 5.75 Å². The zero-order valence-corrected chi connectivity index (χ0v) is 11.6. The number of ketones is 1. The van der Waals surface area contributed by atoms with Gasteiger partial charge < -0.3 is 4.74 Å². The van der Waals surface area contributed by atoms with Crippen molar-refractivity contribution in [1.82, 2.24) is 0 Å². The second kappa shape index (κ2) is 6.68. The number of thiophene rings is 1. The van der Waals surface area contributed by atoms with Crippen molar-refractivity contribution in [2.75, 3.05) is 6.61 Å². The topological polar surface area (TPSA) is 26.3 Å². The first-order chi connectivity index (χ1) is 9.16. The van der Waals surface area contributed by atoms with Crippen LogP contribution in [0.2, 0.25) is 5.02 Å². The van der Waals surface area contributed by atoms with Crippen LogP contribution < -0.4 is 4.74 Å².